The van der Waals surface area contributed by atoms with Crippen LogP contribution < -0.4 is 14.2 Å². The highest BCUT2D eigenvalue weighted by atomic mass is 16.6. The van der Waals surface area contributed by atoms with Crippen LogP contribution in [-0.2, 0) is 23.7 Å². The van der Waals surface area contributed by atoms with Gasteiger partial charge in [-0.2, -0.15) is 0 Å². The van der Waals surface area contributed by atoms with E-state index >= 15 is 0 Å². The van der Waals surface area contributed by atoms with E-state index in [1.807, 2.05) is 0 Å². The molecule has 4 aromatic rings. The van der Waals surface area contributed by atoms with E-state index in [0.717, 1.165) is 0 Å². The lowest BCUT2D eigenvalue weighted by Gasteiger charge is -2.20. The molecule has 0 unspecified atom stereocenters. The van der Waals surface area contributed by atoms with E-state index in [4.69, 9.17) is 42.9 Å². The number of rotatable bonds is 15. The number of pyridine rings is 1. The quantitative estimate of drug-likeness (QED) is 0.100. The summed E-state index contributed by atoms with van der Waals surface area (Å²) in [6, 6.07) is 13.9. The van der Waals surface area contributed by atoms with Gasteiger partial charge in [0, 0.05) is 39.2 Å². The number of nitrogens with zero attached hydrogens (tertiary/aromatic N) is 1. The number of fused-ring (bicyclic) bond motifs is 2. The van der Waals surface area contributed by atoms with Gasteiger partial charge in [-0.05, 0) is 73.5 Å². The number of aromatic nitrogens is 1. The van der Waals surface area contributed by atoms with Crippen LogP contribution in [0.2, 0.25) is 0 Å². The minimum atomic E-state index is -0.616. The SMILES string of the molecule is COCC(COC)Oc1ccc2nc3ccc(OC(COC)COC)cc3c(C(=O)Oc3c(C)cc(C(=O)OC)cc3C)c2c1. The van der Waals surface area contributed by atoms with Crippen LogP contribution in [0.3, 0.4) is 0 Å². The summed E-state index contributed by atoms with van der Waals surface area (Å²) in [5.41, 5.74) is 2.96. The maximum Gasteiger partial charge on any atom is 0.344 e. The Hall–Kier alpha value is -4.29. The Morgan fingerprint density at radius 1 is 0.644 bits per heavy atom. The minimum absolute atomic E-state index is 0.270. The number of hydrogen-bond donors (Lipinski definition) is 0. The molecule has 11 heteroatoms. The van der Waals surface area contributed by atoms with Crippen molar-refractivity contribution in [3.05, 3.63) is 70.8 Å². The first-order valence-electron chi connectivity index (χ1n) is 14.3. The Labute approximate surface area is 262 Å². The third kappa shape index (κ3) is 8.06. The Morgan fingerprint density at radius 3 is 1.49 bits per heavy atom. The molecule has 1 heterocycles. The van der Waals surface area contributed by atoms with Gasteiger partial charge in [-0.15, -0.1) is 0 Å². The normalized spacial score (nSPS) is 11.4. The molecule has 0 N–H and O–H groups in total. The predicted octanol–water partition coefficient (Wildman–Crippen LogP) is 5.09. The zero-order chi connectivity index (χ0) is 32.5. The van der Waals surface area contributed by atoms with E-state index in [-0.39, 0.29) is 17.8 Å². The van der Waals surface area contributed by atoms with E-state index in [1.165, 1.54) is 7.11 Å². The second kappa shape index (κ2) is 15.6. The van der Waals surface area contributed by atoms with Crippen molar-refractivity contribution in [3.63, 3.8) is 0 Å². The van der Waals surface area contributed by atoms with Crippen molar-refractivity contribution in [2.45, 2.75) is 26.1 Å². The Kier molecular flexibility index (Phi) is 11.7. The van der Waals surface area contributed by atoms with Crippen LogP contribution in [-0.4, -0.2) is 91.1 Å². The number of carbonyl (C=O) groups excluding carboxylic acids is 2. The Balaban J connectivity index is 1.86. The molecule has 3 aromatic carbocycles. The first-order chi connectivity index (χ1) is 21.7. The molecule has 4 rings (SSSR count). The van der Waals surface area contributed by atoms with Crippen molar-refractivity contribution >= 4 is 33.7 Å². The van der Waals surface area contributed by atoms with Crippen molar-refractivity contribution in [2.24, 2.45) is 0 Å². The average Bonchev–Trinajstić information content (AvgIpc) is 3.01. The van der Waals surface area contributed by atoms with E-state index < -0.39 is 11.9 Å². The molecule has 0 saturated carbocycles. The van der Waals surface area contributed by atoms with Crippen LogP contribution in [0.5, 0.6) is 17.2 Å². The van der Waals surface area contributed by atoms with Gasteiger partial charge in [0.25, 0.3) is 0 Å². The number of aryl methyl sites for hydroxylation is 2. The minimum Gasteiger partial charge on any atom is -0.486 e. The predicted molar refractivity (Wildman–Crippen MR) is 168 cm³/mol. The molecule has 0 fully saturated rings. The summed E-state index contributed by atoms with van der Waals surface area (Å²) >= 11 is 0. The Bertz CT molecular complexity index is 1540. The molecule has 0 bridgehead atoms. The maximum atomic E-state index is 14.2. The topological polar surface area (TPSA) is 121 Å². The van der Waals surface area contributed by atoms with Crippen LogP contribution in [0.25, 0.3) is 21.8 Å². The van der Waals surface area contributed by atoms with Crippen LogP contribution in [0.15, 0.2) is 48.5 Å². The van der Waals surface area contributed by atoms with Gasteiger partial charge in [-0.3, -0.25) is 0 Å². The largest absolute Gasteiger partial charge is 0.486 e. The first-order valence-corrected chi connectivity index (χ1v) is 14.3. The number of methoxy groups -OCH3 is 5. The van der Waals surface area contributed by atoms with E-state index in [2.05, 4.69) is 0 Å². The number of benzene rings is 3. The number of hydrogen-bond acceptors (Lipinski definition) is 11. The smallest absolute Gasteiger partial charge is 0.344 e. The van der Waals surface area contributed by atoms with Gasteiger partial charge >= 0.3 is 11.9 Å². The monoisotopic (exact) mass is 621 g/mol. The second-order valence-corrected chi connectivity index (χ2v) is 10.5. The van der Waals surface area contributed by atoms with Gasteiger partial charge in [-0.25, -0.2) is 14.6 Å². The standard InChI is InChI=1S/C34H39NO10/c1-20-12-22(33(36)42-7)13-21(2)32(20)45-34(37)31-27-14-23(43-25(16-38-3)17-39-4)8-10-29(27)35-30-11-9-24(15-28(30)31)44-26(18-40-5)19-41-6/h8-15,25-26H,16-19H2,1-7H3. The third-order valence-electron chi connectivity index (χ3n) is 7.01. The molecule has 0 radical (unpaired) electrons. The van der Waals surface area contributed by atoms with Gasteiger partial charge < -0.3 is 37.9 Å². The molecule has 11 nitrogen and oxygen atoms in total. The van der Waals surface area contributed by atoms with E-state index in [9.17, 15) is 9.59 Å². The fourth-order valence-electron chi connectivity index (χ4n) is 5.12. The summed E-state index contributed by atoms with van der Waals surface area (Å²) in [6.07, 6.45) is -0.753. The van der Waals surface area contributed by atoms with Gasteiger partial charge in [0.2, 0.25) is 0 Å². The lowest BCUT2D eigenvalue weighted by Crippen LogP contribution is -2.27. The number of carbonyl (C=O) groups is 2. The first kappa shape index (κ1) is 33.6. The van der Waals surface area contributed by atoms with Crippen molar-refractivity contribution < 1.29 is 47.5 Å². The summed E-state index contributed by atoms with van der Waals surface area (Å²) in [5.74, 6) is 0.240. The van der Waals surface area contributed by atoms with Crippen LogP contribution in [0.4, 0.5) is 0 Å². The van der Waals surface area contributed by atoms with Crippen molar-refractivity contribution in [3.8, 4) is 17.2 Å². The van der Waals surface area contributed by atoms with Gasteiger partial charge in [0.15, 0.2) is 0 Å². The summed E-state index contributed by atoms with van der Waals surface area (Å²) in [6.45, 7) is 4.76. The molecule has 0 aliphatic carbocycles. The molecular weight excluding hydrogens is 582 g/mol. The molecule has 45 heavy (non-hydrogen) atoms. The third-order valence-corrected chi connectivity index (χ3v) is 7.01. The van der Waals surface area contributed by atoms with Crippen molar-refractivity contribution in [2.75, 3.05) is 62.0 Å². The fourth-order valence-corrected chi connectivity index (χ4v) is 5.12. The van der Waals surface area contributed by atoms with Crippen LogP contribution in [0.1, 0.15) is 31.8 Å². The second-order valence-electron chi connectivity index (χ2n) is 10.5. The number of ether oxygens (including phenoxy) is 8. The van der Waals surface area contributed by atoms with Gasteiger partial charge in [0.05, 0.1) is 55.7 Å². The zero-order valence-corrected chi connectivity index (χ0v) is 26.6. The molecule has 0 spiro atoms. The molecule has 240 valence electrons. The molecule has 1 aromatic heterocycles. The van der Waals surface area contributed by atoms with Crippen molar-refractivity contribution in [1.29, 1.82) is 0 Å². The number of esters is 2. The average molecular weight is 622 g/mol. The summed E-state index contributed by atoms with van der Waals surface area (Å²) < 4.78 is 44.4. The molecular formula is C34H39NO10. The van der Waals surface area contributed by atoms with Crippen LogP contribution in [0, 0.1) is 13.8 Å². The van der Waals surface area contributed by atoms with Crippen LogP contribution >= 0.6 is 0 Å². The summed E-state index contributed by atoms with van der Waals surface area (Å²) in [7, 11) is 7.66. The van der Waals surface area contributed by atoms with E-state index in [1.54, 1.807) is 90.8 Å². The summed E-state index contributed by atoms with van der Waals surface area (Å²) in [5, 5.41) is 1.03. The highest BCUT2D eigenvalue weighted by molar-refractivity contribution is 6.15. The molecule has 0 amide bonds. The Morgan fingerprint density at radius 2 is 1.09 bits per heavy atom. The zero-order valence-electron chi connectivity index (χ0n) is 26.6. The highest BCUT2D eigenvalue weighted by Gasteiger charge is 2.23. The highest BCUT2D eigenvalue weighted by Crippen LogP contribution is 2.34. The molecule has 0 aliphatic heterocycles. The lowest BCUT2D eigenvalue weighted by atomic mass is 10.0. The maximum absolute atomic E-state index is 14.2. The van der Waals surface area contributed by atoms with Crippen molar-refractivity contribution in [1.82, 2.24) is 4.98 Å². The fraction of sp³-hybridized carbons (Fsp3) is 0.382. The van der Waals surface area contributed by atoms with E-state index in [0.29, 0.717) is 82.2 Å². The lowest BCUT2D eigenvalue weighted by molar-refractivity contribution is 0.0245. The molecule has 0 aliphatic rings. The molecule has 0 atom stereocenters. The van der Waals surface area contributed by atoms with Gasteiger partial charge in [-0.1, -0.05) is 0 Å². The molecule has 0 saturated heterocycles. The summed E-state index contributed by atoms with van der Waals surface area (Å²) in [4.78, 5) is 31.2. The van der Waals surface area contributed by atoms with Gasteiger partial charge in [0.1, 0.15) is 29.5 Å².